The largest absolute Gasteiger partial charge is 0.512 e. The lowest BCUT2D eigenvalue weighted by atomic mass is 10.2. The first-order chi connectivity index (χ1) is 5.16. The van der Waals surface area contributed by atoms with Gasteiger partial charge in [-0.2, -0.15) is 0 Å². The molecule has 0 heterocycles. The molecule has 3 heteroatoms. The van der Waals surface area contributed by atoms with E-state index in [0.717, 1.165) is 25.3 Å². The highest BCUT2D eigenvalue weighted by Gasteiger charge is 1.96. The van der Waals surface area contributed by atoms with Crippen molar-refractivity contribution in [3.05, 3.63) is 11.8 Å². The highest BCUT2D eigenvalue weighted by Crippen LogP contribution is 2.05. The molecular formula is C8H14O3. The van der Waals surface area contributed by atoms with E-state index in [1.54, 1.807) is 0 Å². The Hall–Kier alpha value is -0.990. The summed E-state index contributed by atoms with van der Waals surface area (Å²) in [6.45, 7) is 2.05. The number of allylic oxidation sites excluding steroid dienone is 1. The van der Waals surface area contributed by atoms with Crippen molar-refractivity contribution >= 4 is 5.97 Å². The van der Waals surface area contributed by atoms with Gasteiger partial charge in [-0.25, -0.2) is 4.79 Å². The Labute approximate surface area is 66.4 Å². The molecule has 0 aliphatic heterocycles. The zero-order valence-corrected chi connectivity index (χ0v) is 6.71. The second-order valence-electron chi connectivity index (χ2n) is 2.43. The van der Waals surface area contributed by atoms with E-state index in [1.807, 2.05) is 0 Å². The zero-order chi connectivity index (χ0) is 8.69. The topological polar surface area (TPSA) is 57.5 Å². The van der Waals surface area contributed by atoms with Crippen molar-refractivity contribution in [2.75, 3.05) is 0 Å². The van der Waals surface area contributed by atoms with Gasteiger partial charge in [-0.3, -0.25) is 0 Å². The molecule has 3 nitrogen and oxygen atoms in total. The first kappa shape index (κ1) is 10.0. The molecule has 0 amide bonds. The minimum absolute atomic E-state index is 0.0362. The van der Waals surface area contributed by atoms with Crippen LogP contribution < -0.4 is 0 Å². The Morgan fingerprint density at radius 2 is 2.00 bits per heavy atom. The van der Waals surface area contributed by atoms with Crippen molar-refractivity contribution in [1.82, 2.24) is 0 Å². The van der Waals surface area contributed by atoms with Gasteiger partial charge in [-0.15, -0.1) is 0 Å². The molecule has 0 aromatic heterocycles. The Kier molecular flexibility index (Phi) is 5.25. The van der Waals surface area contributed by atoms with Crippen molar-refractivity contribution in [1.29, 1.82) is 0 Å². The van der Waals surface area contributed by atoms with Gasteiger partial charge in [0.2, 0.25) is 0 Å². The molecule has 0 atom stereocenters. The van der Waals surface area contributed by atoms with Crippen LogP contribution >= 0.6 is 0 Å². The SMILES string of the molecule is CCCCC/C(O)=C/C(=O)O. The van der Waals surface area contributed by atoms with Gasteiger partial charge in [0, 0.05) is 6.42 Å². The molecular weight excluding hydrogens is 144 g/mol. The third-order valence-electron chi connectivity index (χ3n) is 1.33. The average Bonchev–Trinajstić information content (AvgIpc) is 1.86. The molecule has 0 spiro atoms. The smallest absolute Gasteiger partial charge is 0.331 e. The van der Waals surface area contributed by atoms with Gasteiger partial charge in [0.25, 0.3) is 0 Å². The molecule has 0 aliphatic rings. The summed E-state index contributed by atoms with van der Waals surface area (Å²) >= 11 is 0. The summed E-state index contributed by atoms with van der Waals surface area (Å²) in [7, 11) is 0. The molecule has 0 aromatic rings. The fourth-order valence-corrected chi connectivity index (χ4v) is 0.771. The van der Waals surface area contributed by atoms with Gasteiger partial charge in [-0.05, 0) is 6.42 Å². The van der Waals surface area contributed by atoms with Gasteiger partial charge >= 0.3 is 5.97 Å². The minimum atomic E-state index is -1.08. The molecule has 0 aromatic carbocycles. The molecule has 0 radical (unpaired) electrons. The van der Waals surface area contributed by atoms with Crippen LogP contribution in [0.3, 0.4) is 0 Å². The summed E-state index contributed by atoms with van der Waals surface area (Å²) in [4.78, 5) is 10.0. The summed E-state index contributed by atoms with van der Waals surface area (Å²) in [5.41, 5.74) is 0. The number of hydrogen-bond acceptors (Lipinski definition) is 2. The van der Waals surface area contributed by atoms with E-state index in [2.05, 4.69) is 6.92 Å². The highest BCUT2D eigenvalue weighted by molar-refractivity contribution is 5.80. The number of rotatable bonds is 5. The number of aliphatic hydroxyl groups is 1. The van der Waals surface area contributed by atoms with Crippen molar-refractivity contribution in [2.45, 2.75) is 32.6 Å². The van der Waals surface area contributed by atoms with Crippen LogP contribution in [-0.2, 0) is 4.79 Å². The third-order valence-corrected chi connectivity index (χ3v) is 1.33. The maximum atomic E-state index is 10.0. The number of hydrogen-bond donors (Lipinski definition) is 2. The lowest BCUT2D eigenvalue weighted by molar-refractivity contribution is -0.131. The molecule has 0 aliphatic carbocycles. The normalized spacial score (nSPS) is 11.5. The first-order valence-electron chi connectivity index (χ1n) is 3.79. The fourth-order valence-electron chi connectivity index (χ4n) is 0.771. The van der Waals surface area contributed by atoms with E-state index in [9.17, 15) is 4.79 Å². The highest BCUT2D eigenvalue weighted by atomic mass is 16.4. The van der Waals surface area contributed by atoms with Gasteiger partial charge in [0.15, 0.2) is 0 Å². The first-order valence-corrected chi connectivity index (χ1v) is 3.79. The molecule has 0 unspecified atom stereocenters. The van der Waals surface area contributed by atoms with Gasteiger partial charge in [-0.1, -0.05) is 19.8 Å². The van der Waals surface area contributed by atoms with Crippen LogP contribution in [-0.4, -0.2) is 16.2 Å². The van der Waals surface area contributed by atoms with Crippen molar-refractivity contribution < 1.29 is 15.0 Å². The molecule has 0 bridgehead atoms. The fraction of sp³-hybridized carbons (Fsp3) is 0.625. The second-order valence-corrected chi connectivity index (χ2v) is 2.43. The summed E-state index contributed by atoms with van der Waals surface area (Å²) in [5, 5.41) is 17.1. The lowest BCUT2D eigenvalue weighted by Crippen LogP contribution is -1.91. The quantitative estimate of drug-likeness (QED) is 0.366. The van der Waals surface area contributed by atoms with Crippen LogP contribution in [0.25, 0.3) is 0 Å². The van der Waals surface area contributed by atoms with E-state index in [-0.39, 0.29) is 5.76 Å². The molecule has 0 saturated carbocycles. The number of aliphatic hydroxyl groups excluding tert-OH is 1. The van der Waals surface area contributed by atoms with E-state index < -0.39 is 5.97 Å². The van der Waals surface area contributed by atoms with Crippen LogP contribution in [0.1, 0.15) is 32.6 Å². The Morgan fingerprint density at radius 3 is 2.45 bits per heavy atom. The molecule has 64 valence electrons. The minimum Gasteiger partial charge on any atom is -0.512 e. The summed E-state index contributed by atoms with van der Waals surface area (Å²) in [6.07, 6.45) is 4.26. The van der Waals surface area contributed by atoms with Gasteiger partial charge in [0.05, 0.1) is 11.8 Å². The number of carboxylic acid groups (broad SMARTS) is 1. The zero-order valence-electron chi connectivity index (χ0n) is 6.71. The Morgan fingerprint density at radius 1 is 1.36 bits per heavy atom. The molecule has 11 heavy (non-hydrogen) atoms. The van der Waals surface area contributed by atoms with Gasteiger partial charge < -0.3 is 10.2 Å². The number of unbranched alkanes of at least 4 members (excludes halogenated alkanes) is 2. The number of aliphatic carboxylic acids is 1. The summed E-state index contributed by atoms with van der Waals surface area (Å²) in [5.74, 6) is -1.12. The van der Waals surface area contributed by atoms with Crippen molar-refractivity contribution in [2.24, 2.45) is 0 Å². The van der Waals surface area contributed by atoms with Crippen LogP contribution in [0.5, 0.6) is 0 Å². The summed E-state index contributed by atoms with van der Waals surface area (Å²) in [6, 6.07) is 0. The number of carboxylic acids is 1. The van der Waals surface area contributed by atoms with E-state index >= 15 is 0 Å². The van der Waals surface area contributed by atoms with Gasteiger partial charge in [0.1, 0.15) is 0 Å². The van der Waals surface area contributed by atoms with Crippen LogP contribution in [0, 0.1) is 0 Å². The van der Waals surface area contributed by atoms with E-state index in [0.29, 0.717) is 6.42 Å². The van der Waals surface area contributed by atoms with Crippen LogP contribution in [0.2, 0.25) is 0 Å². The lowest BCUT2D eigenvalue weighted by Gasteiger charge is -1.96. The van der Waals surface area contributed by atoms with Crippen molar-refractivity contribution in [3.8, 4) is 0 Å². The molecule has 0 saturated heterocycles. The molecule has 2 N–H and O–H groups in total. The third kappa shape index (κ3) is 6.90. The Bertz CT molecular complexity index is 149. The predicted octanol–water partition coefficient (Wildman–Crippen LogP) is 2.09. The monoisotopic (exact) mass is 158 g/mol. The van der Waals surface area contributed by atoms with E-state index in [4.69, 9.17) is 10.2 Å². The van der Waals surface area contributed by atoms with Crippen LogP contribution in [0.4, 0.5) is 0 Å². The molecule has 0 fully saturated rings. The van der Waals surface area contributed by atoms with Crippen LogP contribution in [0.15, 0.2) is 11.8 Å². The standard InChI is InChI=1S/C8H14O3/c1-2-3-4-5-7(9)6-8(10)11/h6,9H,2-5H2,1H3,(H,10,11)/b7-6-. The second kappa shape index (κ2) is 5.77. The maximum absolute atomic E-state index is 10.0. The van der Waals surface area contributed by atoms with E-state index in [1.165, 1.54) is 0 Å². The Balaban J connectivity index is 3.51. The average molecular weight is 158 g/mol. The predicted molar refractivity (Wildman–Crippen MR) is 42.5 cm³/mol. The number of carbonyl (C=O) groups is 1. The van der Waals surface area contributed by atoms with Crippen molar-refractivity contribution in [3.63, 3.8) is 0 Å². The molecule has 0 rings (SSSR count). The summed E-state index contributed by atoms with van der Waals surface area (Å²) < 4.78 is 0. The maximum Gasteiger partial charge on any atom is 0.331 e.